The van der Waals surface area contributed by atoms with Crippen LogP contribution in [0.15, 0.2) is 29.6 Å². The first-order valence-corrected chi connectivity index (χ1v) is 6.59. The average molecular weight is 252 g/mol. The van der Waals surface area contributed by atoms with Crippen molar-refractivity contribution >= 4 is 22.9 Å². The summed E-state index contributed by atoms with van der Waals surface area (Å²) in [6.07, 6.45) is 0.897. The monoisotopic (exact) mass is 251 g/mol. The van der Waals surface area contributed by atoms with Gasteiger partial charge in [0.15, 0.2) is 0 Å². The Hall–Kier alpha value is -0.860. The smallest absolute Gasteiger partial charge is 0.0972 e. The molecule has 1 heterocycles. The molecule has 2 aromatic rings. The van der Waals surface area contributed by atoms with Crippen molar-refractivity contribution in [1.29, 1.82) is 0 Å². The Morgan fingerprint density at radius 2 is 1.94 bits per heavy atom. The van der Waals surface area contributed by atoms with Crippen molar-refractivity contribution in [1.82, 2.24) is 4.98 Å². The minimum absolute atomic E-state index is 0.509. The molecule has 0 bridgehead atoms. The van der Waals surface area contributed by atoms with Crippen LogP contribution in [0, 0.1) is 0 Å². The van der Waals surface area contributed by atoms with Crippen LogP contribution in [0.1, 0.15) is 36.0 Å². The normalized spacial score (nSPS) is 11.0. The van der Waals surface area contributed by atoms with E-state index in [0.29, 0.717) is 5.92 Å². The SMILES string of the molecule is CC(C)c1csc(Cc2ccc(Cl)cc2)n1. The molecule has 0 atom stereocenters. The van der Waals surface area contributed by atoms with Gasteiger partial charge in [0.1, 0.15) is 0 Å². The highest BCUT2D eigenvalue weighted by Gasteiger charge is 2.06. The van der Waals surface area contributed by atoms with Gasteiger partial charge < -0.3 is 0 Å². The second kappa shape index (κ2) is 4.98. The molecule has 1 nitrogen and oxygen atoms in total. The van der Waals surface area contributed by atoms with Crippen LogP contribution in [0.2, 0.25) is 5.02 Å². The summed E-state index contributed by atoms with van der Waals surface area (Å²) < 4.78 is 0. The number of halogens is 1. The van der Waals surface area contributed by atoms with Gasteiger partial charge in [-0.25, -0.2) is 4.98 Å². The lowest BCUT2D eigenvalue weighted by Crippen LogP contribution is -1.90. The third kappa shape index (κ3) is 2.83. The highest BCUT2D eigenvalue weighted by Crippen LogP contribution is 2.20. The topological polar surface area (TPSA) is 12.9 Å². The van der Waals surface area contributed by atoms with E-state index in [1.54, 1.807) is 11.3 Å². The van der Waals surface area contributed by atoms with Crippen LogP contribution in [0.3, 0.4) is 0 Å². The Morgan fingerprint density at radius 3 is 2.50 bits per heavy atom. The fourth-order valence-electron chi connectivity index (χ4n) is 1.45. The molecule has 0 saturated heterocycles. The van der Waals surface area contributed by atoms with Crippen LogP contribution < -0.4 is 0 Å². The highest BCUT2D eigenvalue weighted by molar-refractivity contribution is 7.09. The first kappa shape index (κ1) is 11.6. The van der Waals surface area contributed by atoms with Gasteiger partial charge in [0.25, 0.3) is 0 Å². The molecular weight excluding hydrogens is 238 g/mol. The second-order valence-corrected chi connectivity index (χ2v) is 5.50. The van der Waals surface area contributed by atoms with Gasteiger partial charge in [0.2, 0.25) is 0 Å². The van der Waals surface area contributed by atoms with Crippen molar-refractivity contribution in [2.75, 3.05) is 0 Å². The lowest BCUT2D eigenvalue weighted by molar-refractivity contribution is 0.825. The van der Waals surface area contributed by atoms with E-state index in [2.05, 4.69) is 36.3 Å². The maximum Gasteiger partial charge on any atom is 0.0972 e. The minimum Gasteiger partial charge on any atom is -0.246 e. The van der Waals surface area contributed by atoms with Gasteiger partial charge in [-0.3, -0.25) is 0 Å². The van der Waals surface area contributed by atoms with Gasteiger partial charge in [-0.1, -0.05) is 37.6 Å². The largest absolute Gasteiger partial charge is 0.246 e. The zero-order chi connectivity index (χ0) is 11.5. The summed E-state index contributed by atoms with van der Waals surface area (Å²) in [5.41, 5.74) is 2.45. The number of rotatable bonds is 3. The lowest BCUT2D eigenvalue weighted by Gasteiger charge is -1.99. The predicted octanol–water partition coefficient (Wildman–Crippen LogP) is 4.51. The van der Waals surface area contributed by atoms with Crippen molar-refractivity contribution in [3.63, 3.8) is 0 Å². The van der Waals surface area contributed by atoms with Gasteiger partial charge in [0, 0.05) is 16.8 Å². The number of hydrogen-bond acceptors (Lipinski definition) is 2. The molecule has 1 aromatic heterocycles. The number of nitrogens with zero attached hydrogens (tertiary/aromatic N) is 1. The second-order valence-electron chi connectivity index (χ2n) is 4.12. The van der Waals surface area contributed by atoms with Crippen molar-refractivity contribution < 1.29 is 0 Å². The van der Waals surface area contributed by atoms with Crippen molar-refractivity contribution in [3.8, 4) is 0 Å². The molecule has 3 heteroatoms. The molecule has 2 rings (SSSR count). The van der Waals surface area contributed by atoms with Crippen LogP contribution in [0.4, 0.5) is 0 Å². The molecule has 0 spiro atoms. The van der Waals surface area contributed by atoms with Crippen LogP contribution >= 0.6 is 22.9 Å². The molecule has 0 aliphatic carbocycles. The molecule has 0 N–H and O–H groups in total. The van der Waals surface area contributed by atoms with E-state index in [1.807, 2.05) is 12.1 Å². The van der Waals surface area contributed by atoms with E-state index in [-0.39, 0.29) is 0 Å². The molecule has 0 saturated carbocycles. The summed E-state index contributed by atoms with van der Waals surface area (Å²) in [4.78, 5) is 4.61. The Balaban J connectivity index is 2.11. The van der Waals surface area contributed by atoms with E-state index >= 15 is 0 Å². The average Bonchev–Trinajstić information content (AvgIpc) is 2.70. The molecule has 0 aliphatic rings. The van der Waals surface area contributed by atoms with Crippen LogP contribution in [0.25, 0.3) is 0 Å². The molecule has 1 aromatic carbocycles. The summed E-state index contributed by atoms with van der Waals surface area (Å²) in [6.45, 7) is 4.34. The maximum absolute atomic E-state index is 5.85. The summed E-state index contributed by atoms with van der Waals surface area (Å²) in [7, 11) is 0. The van der Waals surface area contributed by atoms with Crippen LogP contribution in [0.5, 0.6) is 0 Å². The molecule has 0 fully saturated rings. The first-order valence-electron chi connectivity index (χ1n) is 5.34. The van der Waals surface area contributed by atoms with E-state index in [4.69, 9.17) is 11.6 Å². The van der Waals surface area contributed by atoms with Crippen molar-refractivity contribution in [2.45, 2.75) is 26.2 Å². The Bertz CT molecular complexity index is 459. The van der Waals surface area contributed by atoms with E-state index in [9.17, 15) is 0 Å². The molecule has 0 aliphatic heterocycles. The molecule has 0 amide bonds. The van der Waals surface area contributed by atoms with Crippen molar-refractivity contribution in [3.05, 3.63) is 50.9 Å². The lowest BCUT2D eigenvalue weighted by atomic mass is 10.1. The predicted molar refractivity (Wildman–Crippen MR) is 70.5 cm³/mol. The number of aromatic nitrogens is 1. The standard InChI is InChI=1S/C13H14ClNS/c1-9(2)12-8-16-13(15-12)7-10-3-5-11(14)6-4-10/h3-6,8-9H,7H2,1-2H3. The number of hydrogen-bond donors (Lipinski definition) is 0. The molecule has 0 unspecified atom stereocenters. The Morgan fingerprint density at radius 1 is 1.25 bits per heavy atom. The zero-order valence-corrected chi connectivity index (χ0v) is 11.0. The Labute approximate surface area is 105 Å². The van der Waals surface area contributed by atoms with Gasteiger partial charge in [-0.15, -0.1) is 11.3 Å². The molecule has 84 valence electrons. The summed E-state index contributed by atoms with van der Waals surface area (Å²) >= 11 is 7.58. The molecular formula is C13H14ClNS. The van der Waals surface area contributed by atoms with Gasteiger partial charge in [0.05, 0.1) is 10.7 Å². The third-order valence-corrected chi connectivity index (χ3v) is 3.55. The summed E-state index contributed by atoms with van der Waals surface area (Å²) in [6, 6.07) is 7.96. The fourth-order valence-corrected chi connectivity index (χ4v) is 2.56. The van der Waals surface area contributed by atoms with E-state index in [0.717, 1.165) is 11.4 Å². The van der Waals surface area contributed by atoms with Gasteiger partial charge >= 0.3 is 0 Å². The Kier molecular flexibility index (Phi) is 3.62. The van der Waals surface area contributed by atoms with Crippen LogP contribution in [-0.4, -0.2) is 4.98 Å². The maximum atomic E-state index is 5.85. The zero-order valence-electron chi connectivity index (χ0n) is 9.40. The van der Waals surface area contributed by atoms with Gasteiger partial charge in [-0.2, -0.15) is 0 Å². The van der Waals surface area contributed by atoms with E-state index in [1.165, 1.54) is 16.3 Å². The quantitative estimate of drug-likeness (QED) is 0.782. The minimum atomic E-state index is 0.509. The number of benzene rings is 1. The van der Waals surface area contributed by atoms with Crippen LogP contribution in [-0.2, 0) is 6.42 Å². The number of thiazole rings is 1. The first-order chi connectivity index (χ1) is 7.65. The third-order valence-electron chi connectivity index (χ3n) is 2.43. The highest BCUT2D eigenvalue weighted by atomic mass is 35.5. The molecule has 0 radical (unpaired) electrons. The summed E-state index contributed by atoms with van der Waals surface area (Å²) in [5, 5.41) is 4.10. The van der Waals surface area contributed by atoms with Gasteiger partial charge in [-0.05, 0) is 23.6 Å². The summed E-state index contributed by atoms with van der Waals surface area (Å²) in [5.74, 6) is 0.509. The fraction of sp³-hybridized carbons (Fsp3) is 0.308. The molecule has 16 heavy (non-hydrogen) atoms. The van der Waals surface area contributed by atoms with Crippen molar-refractivity contribution in [2.24, 2.45) is 0 Å². The van der Waals surface area contributed by atoms with E-state index < -0.39 is 0 Å².